The van der Waals surface area contributed by atoms with Crippen LogP contribution >= 0.6 is 11.6 Å². The minimum atomic E-state index is -0.453. The first-order valence-electron chi connectivity index (χ1n) is 7.56. The maximum Gasteiger partial charge on any atom is 0.126 e. The summed E-state index contributed by atoms with van der Waals surface area (Å²) in [6.07, 6.45) is 4.88. The molecule has 108 valence electrons. The molecule has 0 radical (unpaired) electrons. The molecular formula is C16H20ClNO2. The number of piperidine rings is 1. The molecule has 3 atom stereocenters. The smallest absolute Gasteiger partial charge is 0.126 e. The van der Waals surface area contributed by atoms with E-state index in [4.69, 9.17) is 16.3 Å². The van der Waals surface area contributed by atoms with Crippen molar-refractivity contribution in [2.75, 3.05) is 13.1 Å². The molecule has 4 heteroatoms. The molecular weight excluding hydrogens is 274 g/mol. The number of hydrogen-bond donors (Lipinski definition) is 1. The summed E-state index contributed by atoms with van der Waals surface area (Å²) in [6.45, 7) is 2.33. The summed E-state index contributed by atoms with van der Waals surface area (Å²) < 4.78 is 6.35. The number of aliphatic hydroxyl groups excluding tert-OH is 1. The van der Waals surface area contributed by atoms with E-state index in [1.807, 2.05) is 18.2 Å². The van der Waals surface area contributed by atoms with Crippen molar-refractivity contribution in [3.63, 3.8) is 0 Å². The lowest BCUT2D eigenvalue weighted by molar-refractivity contribution is -0.0645. The van der Waals surface area contributed by atoms with Crippen molar-refractivity contribution in [1.29, 1.82) is 0 Å². The van der Waals surface area contributed by atoms with E-state index in [-0.39, 0.29) is 5.60 Å². The van der Waals surface area contributed by atoms with Gasteiger partial charge < -0.3 is 14.7 Å². The van der Waals surface area contributed by atoms with E-state index in [0.717, 1.165) is 30.7 Å². The molecule has 3 heterocycles. The van der Waals surface area contributed by atoms with Crippen molar-refractivity contribution in [2.45, 2.75) is 49.9 Å². The first kappa shape index (κ1) is 12.9. The highest BCUT2D eigenvalue weighted by molar-refractivity contribution is 6.30. The number of benzene rings is 1. The summed E-state index contributed by atoms with van der Waals surface area (Å²) in [5.74, 6) is 0.819. The lowest BCUT2D eigenvalue weighted by atomic mass is 9.79. The lowest BCUT2D eigenvalue weighted by Crippen LogP contribution is -2.52. The van der Waals surface area contributed by atoms with Crippen molar-refractivity contribution in [3.8, 4) is 5.75 Å². The average Bonchev–Trinajstić information content (AvgIpc) is 2.87. The van der Waals surface area contributed by atoms with Gasteiger partial charge in [0.2, 0.25) is 0 Å². The quantitative estimate of drug-likeness (QED) is 0.797. The molecule has 0 amide bonds. The highest BCUT2D eigenvalue weighted by Gasteiger charge is 2.47. The minimum absolute atomic E-state index is 0.175. The van der Waals surface area contributed by atoms with E-state index < -0.39 is 6.10 Å². The molecule has 1 aromatic carbocycles. The highest BCUT2D eigenvalue weighted by Crippen LogP contribution is 2.47. The summed E-state index contributed by atoms with van der Waals surface area (Å²) in [7, 11) is 0. The van der Waals surface area contributed by atoms with Gasteiger partial charge in [-0.1, -0.05) is 11.6 Å². The van der Waals surface area contributed by atoms with Crippen LogP contribution in [0.2, 0.25) is 5.02 Å². The summed E-state index contributed by atoms with van der Waals surface area (Å²) in [5, 5.41) is 11.2. The molecule has 4 rings (SSSR count). The number of ether oxygens (including phenoxy) is 1. The Labute approximate surface area is 124 Å². The molecule has 2 saturated heterocycles. The summed E-state index contributed by atoms with van der Waals surface area (Å²) in [4.78, 5) is 2.58. The Balaban J connectivity index is 1.63. The SMILES string of the molecule is O[C@@H]1CC2(CCN3CCCC3C2)Oc2ccc(Cl)cc21. The van der Waals surface area contributed by atoms with Gasteiger partial charge in [0, 0.05) is 36.0 Å². The molecule has 3 nitrogen and oxygen atoms in total. The third kappa shape index (κ3) is 2.03. The molecule has 2 fully saturated rings. The second kappa shape index (κ2) is 4.62. The van der Waals surface area contributed by atoms with E-state index in [1.54, 1.807) is 0 Å². The predicted molar refractivity (Wildman–Crippen MR) is 78.2 cm³/mol. The van der Waals surface area contributed by atoms with Crippen LogP contribution in [0.15, 0.2) is 18.2 Å². The van der Waals surface area contributed by atoms with Gasteiger partial charge in [0.15, 0.2) is 0 Å². The van der Waals surface area contributed by atoms with Crippen LogP contribution in [0.5, 0.6) is 5.75 Å². The lowest BCUT2D eigenvalue weighted by Gasteiger charge is -2.47. The molecule has 1 N–H and O–H groups in total. The number of hydrogen-bond acceptors (Lipinski definition) is 3. The Morgan fingerprint density at radius 2 is 2.20 bits per heavy atom. The van der Waals surface area contributed by atoms with E-state index in [1.165, 1.54) is 19.4 Å². The second-order valence-corrected chi connectivity index (χ2v) is 6.91. The number of aliphatic hydroxyl groups is 1. The topological polar surface area (TPSA) is 32.7 Å². The zero-order chi connectivity index (χ0) is 13.7. The zero-order valence-electron chi connectivity index (χ0n) is 11.5. The summed E-state index contributed by atoms with van der Waals surface area (Å²) >= 11 is 6.02. The average molecular weight is 294 g/mol. The molecule has 3 aliphatic rings. The molecule has 2 unspecified atom stereocenters. The Bertz CT molecular complexity index is 535. The van der Waals surface area contributed by atoms with E-state index in [0.29, 0.717) is 17.5 Å². The second-order valence-electron chi connectivity index (χ2n) is 6.47. The van der Waals surface area contributed by atoms with Crippen molar-refractivity contribution in [1.82, 2.24) is 4.90 Å². The third-order valence-electron chi connectivity index (χ3n) is 5.18. The number of rotatable bonds is 0. The number of fused-ring (bicyclic) bond motifs is 2. The Hall–Kier alpha value is -0.770. The Morgan fingerprint density at radius 1 is 1.30 bits per heavy atom. The number of halogens is 1. The maximum atomic E-state index is 10.5. The first-order chi connectivity index (χ1) is 9.65. The predicted octanol–water partition coefficient (Wildman–Crippen LogP) is 3.15. The molecule has 3 aliphatic heterocycles. The van der Waals surface area contributed by atoms with Crippen LogP contribution in [-0.2, 0) is 0 Å². The fourth-order valence-electron chi connectivity index (χ4n) is 4.19. The molecule has 0 saturated carbocycles. The molecule has 0 bridgehead atoms. The van der Waals surface area contributed by atoms with Gasteiger partial charge in [0.25, 0.3) is 0 Å². The van der Waals surface area contributed by atoms with Gasteiger partial charge in [0.1, 0.15) is 11.4 Å². The van der Waals surface area contributed by atoms with Gasteiger partial charge in [-0.15, -0.1) is 0 Å². The molecule has 0 aromatic heterocycles. The monoisotopic (exact) mass is 293 g/mol. The Morgan fingerprint density at radius 3 is 3.10 bits per heavy atom. The summed E-state index contributed by atoms with van der Waals surface area (Å²) in [5.41, 5.74) is 0.670. The van der Waals surface area contributed by atoms with Crippen LogP contribution in [0.1, 0.15) is 43.8 Å². The van der Waals surface area contributed by atoms with Gasteiger partial charge in [-0.3, -0.25) is 0 Å². The van der Waals surface area contributed by atoms with Gasteiger partial charge in [-0.05, 0) is 44.0 Å². The molecule has 20 heavy (non-hydrogen) atoms. The van der Waals surface area contributed by atoms with Gasteiger partial charge >= 0.3 is 0 Å². The van der Waals surface area contributed by atoms with Gasteiger partial charge in [-0.2, -0.15) is 0 Å². The van der Waals surface area contributed by atoms with Crippen LogP contribution in [0.4, 0.5) is 0 Å². The van der Waals surface area contributed by atoms with Crippen LogP contribution in [0, 0.1) is 0 Å². The fourth-order valence-corrected chi connectivity index (χ4v) is 4.37. The number of nitrogens with zero attached hydrogens (tertiary/aromatic N) is 1. The molecule has 1 spiro atoms. The minimum Gasteiger partial charge on any atom is -0.487 e. The van der Waals surface area contributed by atoms with Gasteiger partial charge in [0.05, 0.1) is 6.10 Å². The first-order valence-corrected chi connectivity index (χ1v) is 7.94. The van der Waals surface area contributed by atoms with Crippen LogP contribution in [0.25, 0.3) is 0 Å². The van der Waals surface area contributed by atoms with E-state index in [2.05, 4.69) is 4.90 Å². The molecule has 1 aromatic rings. The van der Waals surface area contributed by atoms with E-state index in [9.17, 15) is 5.11 Å². The van der Waals surface area contributed by atoms with Crippen molar-refractivity contribution in [3.05, 3.63) is 28.8 Å². The fraction of sp³-hybridized carbons (Fsp3) is 0.625. The summed E-state index contributed by atoms with van der Waals surface area (Å²) in [6, 6.07) is 6.23. The highest BCUT2D eigenvalue weighted by atomic mass is 35.5. The van der Waals surface area contributed by atoms with Crippen LogP contribution in [-0.4, -0.2) is 34.7 Å². The third-order valence-corrected chi connectivity index (χ3v) is 5.42. The zero-order valence-corrected chi connectivity index (χ0v) is 12.3. The Kier molecular flexibility index (Phi) is 2.99. The normalized spacial score (nSPS) is 36.5. The standard InChI is InChI=1S/C16H20ClNO2/c17-11-3-4-15-13(8-11)14(19)10-16(20-15)5-7-18-6-1-2-12(18)9-16/h3-4,8,12,14,19H,1-2,5-7,9-10H2/t12?,14-,16?/m1/s1. The van der Waals surface area contributed by atoms with Crippen molar-refractivity contribution >= 4 is 11.6 Å². The largest absolute Gasteiger partial charge is 0.487 e. The van der Waals surface area contributed by atoms with Crippen molar-refractivity contribution in [2.24, 2.45) is 0 Å². The molecule has 0 aliphatic carbocycles. The van der Waals surface area contributed by atoms with Crippen molar-refractivity contribution < 1.29 is 9.84 Å². The van der Waals surface area contributed by atoms with Crippen LogP contribution < -0.4 is 4.74 Å². The maximum absolute atomic E-state index is 10.5. The van der Waals surface area contributed by atoms with E-state index >= 15 is 0 Å². The van der Waals surface area contributed by atoms with Crippen LogP contribution in [0.3, 0.4) is 0 Å². The van der Waals surface area contributed by atoms with Gasteiger partial charge in [-0.25, -0.2) is 0 Å².